The van der Waals surface area contributed by atoms with Gasteiger partial charge in [-0.15, -0.1) is 0 Å². The Morgan fingerprint density at radius 3 is 1.31 bits per heavy atom. The minimum Gasteiger partial charge on any atom is -0.436 e. The number of benzene rings is 7. The second kappa shape index (κ2) is 12.7. The Balaban J connectivity index is 1.14. The maximum Gasteiger partial charge on any atom is 0.227 e. The van der Waals surface area contributed by atoms with Crippen molar-refractivity contribution in [3.05, 3.63) is 175 Å². The summed E-state index contributed by atoms with van der Waals surface area (Å²) in [5.74, 6) is 0.623. The maximum absolute atomic E-state index is 5.99. The lowest BCUT2D eigenvalue weighted by Gasteiger charge is -2.15. The second-order valence-electron chi connectivity index (χ2n) is 13.0. The molecule has 7 aromatic carbocycles. The van der Waals surface area contributed by atoms with Crippen molar-refractivity contribution >= 4 is 22.1 Å². The summed E-state index contributed by atoms with van der Waals surface area (Å²) >= 11 is 0. The summed E-state index contributed by atoms with van der Waals surface area (Å²) < 4.78 is 5.99. The van der Waals surface area contributed by atoms with Crippen LogP contribution in [0.15, 0.2) is 168 Å². The molecule has 0 unspecified atom stereocenters. The molecule has 2 aromatic heterocycles. The van der Waals surface area contributed by atoms with E-state index >= 15 is 0 Å². The number of fused-ring (bicyclic) bond motifs is 2. The number of hydrogen-bond donors (Lipinski definition) is 0. The molecule has 242 valence electrons. The SMILES string of the molecule is Cc1ccc(-c2cc3nc(-c4ccccc4)c(-c4ccc(-c5ccc(-c6nc7ccccc7o6)cc5)cc4)nc3cc2-c2ccc(C)cc2)cc1. The van der Waals surface area contributed by atoms with Crippen molar-refractivity contribution in [2.45, 2.75) is 13.8 Å². The summed E-state index contributed by atoms with van der Waals surface area (Å²) in [6.07, 6.45) is 0. The van der Waals surface area contributed by atoms with Gasteiger partial charge in [-0.2, -0.15) is 0 Å². The third-order valence-electron chi connectivity index (χ3n) is 9.49. The van der Waals surface area contributed by atoms with Gasteiger partial charge in [0, 0.05) is 16.7 Å². The van der Waals surface area contributed by atoms with Gasteiger partial charge in [0.25, 0.3) is 0 Å². The third-order valence-corrected chi connectivity index (χ3v) is 9.49. The highest BCUT2D eigenvalue weighted by Gasteiger charge is 2.17. The number of nitrogens with zero attached hydrogens (tertiary/aromatic N) is 3. The molecule has 0 spiro atoms. The van der Waals surface area contributed by atoms with E-state index in [1.807, 2.05) is 30.3 Å². The van der Waals surface area contributed by atoms with Crippen molar-refractivity contribution in [3.8, 4) is 67.3 Å². The summed E-state index contributed by atoms with van der Waals surface area (Å²) in [4.78, 5) is 15.3. The summed E-state index contributed by atoms with van der Waals surface area (Å²) in [6, 6.07) is 57.0. The van der Waals surface area contributed by atoms with E-state index in [1.165, 1.54) is 11.1 Å². The third kappa shape index (κ3) is 5.87. The number of oxazole rings is 1. The highest BCUT2D eigenvalue weighted by atomic mass is 16.3. The zero-order valence-corrected chi connectivity index (χ0v) is 28.3. The van der Waals surface area contributed by atoms with Crippen LogP contribution < -0.4 is 0 Å². The molecule has 0 bridgehead atoms. The Morgan fingerprint density at radius 1 is 0.353 bits per heavy atom. The lowest BCUT2D eigenvalue weighted by molar-refractivity contribution is 0.620. The van der Waals surface area contributed by atoms with Crippen molar-refractivity contribution in [1.82, 2.24) is 15.0 Å². The number of para-hydroxylation sites is 2. The zero-order chi connectivity index (χ0) is 34.3. The van der Waals surface area contributed by atoms with E-state index in [1.54, 1.807) is 0 Å². The van der Waals surface area contributed by atoms with E-state index in [0.29, 0.717) is 5.89 Å². The van der Waals surface area contributed by atoms with E-state index in [-0.39, 0.29) is 0 Å². The predicted octanol–water partition coefficient (Wildman–Crippen LogP) is 12.4. The zero-order valence-electron chi connectivity index (χ0n) is 28.3. The molecule has 0 aliphatic carbocycles. The van der Waals surface area contributed by atoms with Crippen LogP contribution in [-0.2, 0) is 0 Å². The molecular weight excluding hydrogens is 623 g/mol. The van der Waals surface area contributed by atoms with E-state index in [9.17, 15) is 0 Å². The van der Waals surface area contributed by atoms with Crippen LogP contribution in [0.5, 0.6) is 0 Å². The van der Waals surface area contributed by atoms with Crippen molar-refractivity contribution < 1.29 is 4.42 Å². The van der Waals surface area contributed by atoms with Gasteiger partial charge in [-0.05, 0) is 83.6 Å². The van der Waals surface area contributed by atoms with E-state index in [0.717, 1.165) is 83.6 Å². The summed E-state index contributed by atoms with van der Waals surface area (Å²) in [6.45, 7) is 4.24. The van der Waals surface area contributed by atoms with Crippen LogP contribution in [0, 0.1) is 13.8 Å². The highest BCUT2D eigenvalue weighted by Crippen LogP contribution is 2.38. The van der Waals surface area contributed by atoms with Crippen molar-refractivity contribution in [2.24, 2.45) is 0 Å². The van der Waals surface area contributed by atoms with E-state index in [4.69, 9.17) is 14.4 Å². The van der Waals surface area contributed by atoms with E-state index < -0.39 is 0 Å². The first kappa shape index (κ1) is 30.4. The molecular formula is C47H33N3O. The van der Waals surface area contributed by atoms with Crippen LogP contribution >= 0.6 is 0 Å². The Labute approximate surface area is 296 Å². The Hall–Kier alpha value is -6.65. The quantitative estimate of drug-likeness (QED) is 0.179. The van der Waals surface area contributed by atoms with Gasteiger partial charge in [0.15, 0.2) is 5.58 Å². The normalized spacial score (nSPS) is 11.3. The lowest BCUT2D eigenvalue weighted by Crippen LogP contribution is -1.97. The first-order chi connectivity index (χ1) is 25.1. The van der Waals surface area contributed by atoms with Gasteiger partial charge in [0.1, 0.15) is 5.52 Å². The second-order valence-corrected chi connectivity index (χ2v) is 13.0. The Morgan fingerprint density at radius 2 is 0.784 bits per heavy atom. The predicted molar refractivity (Wildman–Crippen MR) is 209 cm³/mol. The van der Waals surface area contributed by atoms with Crippen molar-refractivity contribution in [1.29, 1.82) is 0 Å². The first-order valence-corrected chi connectivity index (χ1v) is 17.2. The van der Waals surface area contributed by atoms with Crippen LogP contribution in [0.4, 0.5) is 0 Å². The fourth-order valence-corrected chi connectivity index (χ4v) is 6.67. The molecule has 0 saturated heterocycles. The first-order valence-electron chi connectivity index (χ1n) is 17.2. The Bertz CT molecular complexity index is 2620. The minimum atomic E-state index is 0.623. The molecule has 0 amide bonds. The van der Waals surface area contributed by atoms with Crippen LogP contribution in [0.25, 0.3) is 89.5 Å². The topological polar surface area (TPSA) is 51.8 Å². The van der Waals surface area contributed by atoms with Crippen LogP contribution in [0.1, 0.15) is 11.1 Å². The monoisotopic (exact) mass is 655 g/mol. The fourth-order valence-electron chi connectivity index (χ4n) is 6.67. The van der Waals surface area contributed by atoms with Crippen LogP contribution in [-0.4, -0.2) is 15.0 Å². The van der Waals surface area contributed by atoms with Crippen LogP contribution in [0.2, 0.25) is 0 Å². The van der Waals surface area contributed by atoms with Crippen molar-refractivity contribution in [2.75, 3.05) is 0 Å². The fraction of sp³-hybridized carbons (Fsp3) is 0.0426. The molecule has 0 atom stereocenters. The molecule has 51 heavy (non-hydrogen) atoms. The molecule has 9 aromatic rings. The molecule has 0 saturated carbocycles. The molecule has 0 radical (unpaired) electrons. The summed E-state index contributed by atoms with van der Waals surface area (Å²) in [5, 5.41) is 0. The lowest BCUT2D eigenvalue weighted by atomic mass is 9.92. The summed E-state index contributed by atoms with van der Waals surface area (Å²) in [5.41, 5.74) is 17.3. The molecule has 2 heterocycles. The minimum absolute atomic E-state index is 0.623. The average molecular weight is 656 g/mol. The van der Waals surface area contributed by atoms with Gasteiger partial charge >= 0.3 is 0 Å². The summed E-state index contributed by atoms with van der Waals surface area (Å²) in [7, 11) is 0. The number of aryl methyl sites for hydroxylation is 2. The van der Waals surface area contributed by atoms with Crippen molar-refractivity contribution in [3.63, 3.8) is 0 Å². The molecule has 4 heteroatoms. The van der Waals surface area contributed by atoms with Gasteiger partial charge in [-0.25, -0.2) is 15.0 Å². The molecule has 0 aliphatic heterocycles. The van der Waals surface area contributed by atoms with Gasteiger partial charge in [-0.1, -0.05) is 139 Å². The number of hydrogen-bond acceptors (Lipinski definition) is 4. The molecule has 0 fully saturated rings. The molecule has 0 N–H and O–H groups in total. The maximum atomic E-state index is 5.99. The smallest absolute Gasteiger partial charge is 0.227 e. The van der Waals surface area contributed by atoms with Gasteiger partial charge < -0.3 is 4.42 Å². The van der Waals surface area contributed by atoms with Crippen LogP contribution in [0.3, 0.4) is 0 Å². The molecule has 4 nitrogen and oxygen atoms in total. The highest BCUT2D eigenvalue weighted by molar-refractivity contribution is 5.96. The standard InChI is InChI=1S/C47H33N3O/c1-30-12-16-34(17-13-30)39-28-42-43(29-40(39)35-18-14-31(2)15-19-35)49-46(45(48-42)36-8-4-3-5-9-36)37-24-20-32(21-25-37)33-22-26-38(27-23-33)47-50-41-10-6-7-11-44(41)51-47/h3-29H,1-2H3. The average Bonchev–Trinajstić information content (AvgIpc) is 3.63. The largest absolute Gasteiger partial charge is 0.436 e. The molecule has 9 rings (SSSR count). The van der Waals surface area contributed by atoms with Gasteiger partial charge in [0.05, 0.1) is 22.4 Å². The van der Waals surface area contributed by atoms with Gasteiger partial charge in [0.2, 0.25) is 5.89 Å². The Kier molecular flexibility index (Phi) is 7.55. The number of aromatic nitrogens is 3. The van der Waals surface area contributed by atoms with Gasteiger partial charge in [-0.3, -0.25) is 0 Å². The molecule has 0 aliphatic rings. The van der Waals surface area contributed by atoms with E-state index in [2.05, 4.69) is 152 Å². The number of rotatable bonds is 6.